The van der Waals surface area contributed by atoms with E-state index in [1.165, 1.54) is 10.2 Å². The van der Waals surface area contributed by atoms with Gasteiger partial charge >= 0.3 is 5.76 Å². The van der Waals surface area contributed by atoms with Gasteiger partial charge in [0.1, 0.15) is 13.2 Å². The minimum Gasteiger partial charge on any atom is -0.485 e. The molecule has 34 heavy (non-hydrogen) atoms. The monoisotopic (exact) mass is 482 g/mol. The molecule has 2 saturated heterocycles. The molecular weight excluding hydrogens is 456 g/mol. The van der Waals surface area contributed by atoms with E-state index in [-0.39, 0.29) is 11.9 Å². The number of anilines is 1. The van der Waals surface area contributed by atoms with Gasteiger partial charge in [-0.05, 0) is 43.7 Å². The summed E-state index contributed by atoms with van der Waals surface area (Å²) in [4.78, 5) is 15.5. The van der Waals surface area contributed by atoms with Crippen molar-refractivity contribution in [3.8, 4) is 23.0 Å². The van der Waals surface area contributed by atoms with Crippen LogP contribution in [-0.4, -0.2) is 46.5 Å². The van der Waals surface area contributed by atoms with E-state index in [0.717, 1.165) is 38.6 Å². The van der Waals surface area contributed by atoms with Crippen LogP contribution in [0.4, 0.5) is 5.69 Å². The zero-order valence-corrected chi connectivity index (χ0v) is 19.5. The first-order valence-corrected chi connectivity index (χ1v) is 12.2. The van der Waals surface area contributed by atoms with Crippen LogP contribution in [-0.2, 0) is 6.42 Å². The minimum atomic E-state index is -0.462. The predicted molar refractivity (Wildman–Crippen MR) is 129 cm³/mol. The molecule has 0 spiro atoms. The highest BCUT2D eigenvalue weighted by molar-refractivity contribution is 6.34. The summed E-state index contributed by atoms with van der Waals surface area (Å²) in [6.45, 7) is 1.79. The molecule has 2 N–H and O–H groups in total. The molecule has 2 unspecified atom stereocenters. The van der Waals surface area contributed by atoms with Crippen LogP contribution in [0.2, 0.25) is 5.02 Å². The Bertz CT molecular complexity index is 1240. The number of nitrogens with two attached hydrogens (primary N) is 1. The molecule has 9 heteroatoms. The van der Waals surface area contributed by atoms with Gasteiger partial charge in [-0.15, -0.1) is 5.10 Å². The summed E-state index contributed by atoms with van der Waals surface area (Å²) in [5.74, 6) is 0.496. The van der Waals surface area contributed by atoms with E-state index in [1.807, 2.05) is 0 Å². The molecule has 3 aliphatic rings. The molecule has 2 bridgehead atoms. The number of aromatic nitrogens is 2. The molecule has 1 aromatic heterocycles. The van der Waals surface area contributed by atoms with Crippen LogP contribution in [0.25, 0.3) is 11.5 Å². The van der Waals surface area contributed by atoms with Crippen molar-refractivity contribution in [2.45, 2.75) is 50.2 Å². The topological polar surface area (TPSA) is 95.8 Å². The van der Waals surface area contributed by atoms with Crippen molar-refractivity contribution in [2.24, 2.45) is 0 Å². The van der Waals surface area contributed by atoms with Gasteiger partial charge in [-0.2, -0.15) is 4.68 Å². The van der Waals surface area contributed by atoms with E-state index < -0.39 is 5.76 Å². The van der Waals surface area contributed by atoms with Gasteiger partial charge in [-0.1, -0.05) is 41.9 Å². The Hall–Kier alpha value is -2.97. The highest BCUT2D eigenvalue weighted by Gasteiger charge is 2.42. The second-order valence-corrected chi connectivity index (χ2v) is 9.68. The van der Waals surface area contributed by atoms with Crippen molar-refractivity contribution in [2.75, 3.05) is 25.5 Å². The number of ether oxygens (including phenoxy) is 2. The van der Waals surface area contributed by atoms with Crippen LogP contribution >= 0.6 is 11.6 Å². The van der Waals surface area contributed by atoms with Crippen molar-refractivity contribution in [3.05, 3.63) is 57.5 Å². The van der Waals surface area contributed by atoms with Crippen molar-refractivity contribution in [3.63, 3.8) is 0 Å². The summed E-state index contributed by atoms with van der Waals surface area (Å²) in [7, 11) is 0. The van der Waals surface area contributed by atoms with Crippen molar-refractivity contribution >= 4 is 17.3 Å². The van der Waals surface area contributed by atoms with Crippen molar-refractivity contribution < 1.29 is 13.9 Å². The Morgan fingerprint density at radius 3 is 2.47 bits per heavy atom. The molecule has 8 nitrogen and oxygen atoms in total. The van der Waals surface area contributed by atoms with Crippen LogP contribution in [0.1, 0.15) is 37.3 Å². The third-order valence-electron chi connectivity index (χ3n) is 7.31. The smallest absolute Gasteiger partial charge is 0.437 e. The standard InChI is InChI=1S/C25H27ClN4O4/c26-20-14-19(22-23(21(20)27)33-11-10-32-22)24-28-30(25(31)34-24)18-12-16-6-7-17(13-18)29(16)9-8-15-4-2-1-3-5-15/h1-5,14,16-18H,6-13,27H2. The molecule has 178 valence electrons. The molecule has 0 radical (unpaired) electrons. The van der Waals surface area contributed by atoms with Gasteiger partial charge < -0.3 is 19.6 Å². The molecule has 2 atom stereocenters. The highest BCUT2D eigenvalue weighted by atomic mass is 35.5. The van der Waals surface area contributed by atoms with Crippen LogP contribution in [0.15, 0.2) is 45.6 Å². The fraction of sp³-hybridized carbons (Fsp3) is 0.440. The summed E-state index contributed by atoms with van der Waals surface area (Å²) in [5.41, 5.74) is 8.20. The lowest BCUT2D eigenvalue weighted by molar-refractivity contribution is 0.101. The van der Waals surface area contributed by atoms with E-state index in [0.29, 0.717) is 53.1 Å². The average Bonchev–Trinajstić information content (AvgIpc) is 3.35. The fourth-order valence-electron chi connectivity index (χ4n) is 5.70. The molecule has 0 saturated carbocycles. The van der Waals surface area contributed by atoms with E-state index in [2.05, 4.69) is 40.3 Å². The van der Waals surface area contributed by atoms with E-state index in [9.17, 15) is 4.79 Å². The van der Waals surface area contributed by atoms with Crippen LogP contribution in [0.5, 0.6) is 11.5 Å². The van der Waals surface area contributed by atoms with Gasteiger partial charge in [0, 0.05) is 18.6 Å². The highest BCUT2D eigenvalue weighted by Crippen LogP contribution is 2.47. The van der Waals surface area contributed by atoms with E-state index in [1.54, 1.807) is 6.07 Å². The third-order valence-corrected chi connectivity index (χ3v) is 7.62. The zero-order valence-electron chi connectivity index (χ0n) is 18.8. The summed E-state index contributed by atoms with van der Waals surface area (Å²) in [6.07, 6.45) is 5.12. The van der Waals surface area contributed by atoms with E-state index in [4.69, 9.17) is 31.2 Å². The lowest BCUT2D eigenvalue weighted by Crippen LogP contribution is -2.45. The quantitative estimate of drug-likeness (QED) is 0.550. The Morgan fingerprint density at radius 1 is 1.03 bits per heavy atom. The second kappa shape index (κ2) is 8.67. The largest absolute Gasteiger partial charge is 0.485 e. The number of fused-ring (bicyclic) bond motifs is 3. The Labute approximate surface area is 202 Å². The maximum Gasteiger partial charge on any atom is 0.437 e. The molecule has 2 aromatic carbocycles. The first kappa shape index (κ1) is 21.6. The Morgan fingerprint density at radius 2 is 1.74 bits per heavy atom. The maximum absolute atomic E-state index is 12.8. The fourth-order valence-corrected chi connectivity index (χ4v) is 5.89. The summed E-state index contributed by atoms with van der Waals surface area (Å²) in [5, 5.41) is 4.89. The van der Waals surface area contributed by atoms with Crippen molar-refractivity contribution in [1.82, 2.24) is 14.7 Å². The Balaban J connectivity index is 1.23. The number of nitrogens with zero attached hydrogens (tertiary/aromatic N) is 3. The molecule has 2 fully saturated rings. The molecule has 3 aromatic rings. The molecule has 0 aliphatic carbocycles. The predicted octanol–water partition coefficient (Wildman–Crippen LogP) is 3.92. The molecule has 0 amide bonds. The number of benzene rings is 2. The van der Waals surface area contributed by atoms with Gasteiger partial charge in [0.15, 0.2) is 11.5 Å². The maximum atomic E-state index is 12.8. The van der Waals surface area contributed by atoms with E-state index >= 15 is 0 Å². The number of hydrogen-bond donors (Lipinski definition) is 1. The SMILES string of the molecule is Nc1c(Cl)cc(-c2nn(C3CC4CCC(C3)N4CCc3ccccc3)c(=O)o2)c2c1OCCO2. The number of rotatable bonds is 5. The van der Waals surface area contributed by atoms with Gasteiger partial charge in [0.2, 0.25) is 0 Å². The first-order valence-electron chi connectivity index (χ1n) is 11.9. The van der Waals surface area contributed by atoms with Crippen molar-refractivity contribution in [1.29, 1.82) is 0 Å². The molecule has 6 rings (SSSR count). The molecule has 4 heterocycles. The summed E-state index contributed by atoms with van der Waals surface area (Å²) >= 11 is 6.31. The molecule has 3 aliphatic heterocycles. The van der Waals surface area contributed by atoms with Crippen LogP contribution < -0.4 is 21.0 Å². The number of hydrogen-bond acceptors (Lipinski definition) is 7. The second-order valence-electron chi connectivity index (χ2n) is 9.28. The van der Waals surface area contributed by atoms with Gasteiger partial charge in [-0.3, -0.25) is 4.90 Å². The van der Waals surface area contributed by atoms with Crippen LogP contribution in [0, 0.1) is 0 Å². The third kappa shape index (κ3) is 3.75. The zero-order chi connectivity index (χ0) is 23.2. The van der Waals surface area contributed by atoms with Gasteiger partial charge in [-0.25, -0.2) is 4.79 Å². The first-order chi connectivity index (χ1) is 16.6. The number of piperidine rings is 1. The Kier molecular flexibility index (Phi) is 5.50. The molecular formula is C25H27ClN4O4. The summed E-state index contributed by atoms with van der Waals surface area (Å²) < 4.78 is 18.5. The normalized spacial score (nSPS) is 23.9. The van der Waals surface area contributed by atoms with Crippen LogP contribution in [0.3, 0.4) is 0 Å². The number of nitrogen functional groups attached to an aromatic ring is 1. The summed E-state index contributed by atoms with van der Waals surface area (Å²) in [6, 6.07) is 13.1. The lowest BCUT2D eigenvalue weighted by Gasteiger charge is -2.38. The minimum absolute atomic E-state index is 0.00715. The number of halogens is 1. The average molecular weight is 483 g/mol. The van der Waals surface area contributed by atoms with Gasteiger partial charge in [0.25, 0.3) is 5.89 Å². The van der Waals surface area contributed by atoms with Gasteiger partial charge in [0.05, 0.1) is 22.3 Å². The lowest BCUT2D eigenvalue weighted by atomic mass is 9.97.